The number of rotatable bonds is 5. The third-order valence-electron chi connectivity index (χ3n) is 7.21. The maximum Gasteiger partial charge on any atom is 0.418 e. The van der Waals surface area contributed by atoms with Crippen molar-refractivity contribution in [3.05, 3.63) is 77.4 Å². The number of hydrogen-bond acceptors (Lipinski definition) is 4. The molecule has 3 aliphatic rings. The second kappa shape index (κ2) is 9.86. The Balaban J connectivity index is 1.50. The van der Waals surface area contributed by atoms with Crippen LogP contribution in [0.2, 0.25) is 0 Å². The number of aromatic nitrogens is 1. The van der Waals surface area contributed by atoms with Gasteiger partial charge in [0.25, 0.3) is 17.5 Å². The maximum absolute atomic E-state index is 14.2. The van der Waals surface area contributed by atoms with E-state index in [1.807, 2.05) is 37.3 Å². The first-order valence-electron chi connectivity index (χ1n) is 12.6. The molecule has 2 fully saturated rings. The summed E-state index contributed by atoms with van der Waals surface area (Å²) in [5.41, 5.74) is -2.31. The fourth-order valence-corrected chi connectivity index (χ4v) is 5.31. The SMILES string of the molecule is Cc1ccc(OC2(C(=O)N3CCN(C4=CC=CC[NH2+]4)C3)CCCN2C(=O)c2cn(C)cc2C(F)(F)F)cc1. The summed E-state index contributed by atoms with van der Waals surface area (Å²) in [5, 5.41) is 2.08. The van der Waals surface area contributed by atoms with Crippen LogP contribution >= 0.6 is 0 Å². The minimum atomic E-state index is -4.72. The standard InChI is InChI=1S/C27H30F3N5O3/c1-19-7-9-20(10-8-19)38-26(25(37)34-15-14-33(18-34)23-6-3-4-12-31-23)11-5-13-35(26)24(36)21-16-32(2)17-22(21)27(28,29)30/h3-4,6-10,16-17,31H,5,11-15,18H2,1-2H3/p+1. The number of allylic oxidation sites excluding steroid dienone is 2. The van der Waals surface area contributed by atoms with Crippen molar-refractivity contribution < 1.29 is 32.8 Å². The van der Waals surface area contributed by atoms with Gasteiger partial charge in [0.2, 0.25) is 5.82 Å². The molecule has 2 saturated heterocycles. The maximum atomic E-state index is 14.2. The average Bonchev–Trinajstić information content (AvgIpc) is 3.64. The van der Waals surface area contributed by atoms with Crippen molar-refractivity contribution in [2.24, 2.45) is 7.05 Å². The number of carbonyl (C=O) groups is 2. The molecule has 3 aliphatic heterocycles. The molecule has 2 aromatic rings. The zero-order valence-corrected chi connectivity index (χ0v) is 21.4. The van der Waals surface area contributed by atoms with Gasteiger partial charge in [0.1, 0.15) is 12.3 Å². The summed E-state index contributed by atoms with van der Waals surface area (Å²) in [4.78, 5) is 32.8. The van der Waals surface area contributed by atoms with E-state index in [2.05, 4.69) is 10.2 Å². The molecular weight excluding hydrogens is 499 g/mol. The highest BCUT2D eigenvalue weighted by atomic mass is 19.4. The van der Waals surface area contributed by atoms with Crippen molar-refractivity contribution in [3.8, 4) is 5.75 Å². The summed E-state index contributed by atoms with van der Waals surface area (Å²) in [6.07, 6.45) is 3.90. The second-order valence-electron chi connectivity index (χ2n) is 9.94. The summed E-state index contributed by atoms with van der Waals surface area (Å²) in [6.45, 7) is 4.13. The number of alkyl halides is 3. The summed E-state index contributed by atoms with van der Waals surface area (Å²) >= 11 is 0. The van der Waals surface area contributed by atoms with Crippen molar-refractivity contribution in [2.45, 2.75) is 31.7 Å². The van der Waals surface area contributed by atoms with Gasteiger partial charge < -0.3 is 19.1 Å². The predicted molar refractivity (Wildman–Crippen MR) is 133 cm³/mol. The van der Waals surface area contributed by atoms with Crippen LogP contribution in [0, 0.1) is 6.92 Å². The Morgan fingerprint density at radius 3 is 2.53 bits per heavy atom. The zero-order valence-electron chi connectivity index (χ0n) is 21.4. The number of aryl methyl sites for hydroxylation is 2. The number of halogens is 3. The van der Waals surface area contributed by atoms with Crippen LogP contribution in [-0.2, 0) is 18.0 Å². The fraction of sp³-hybridized carbons (Fsp3) is 0.407. The summed E-state index contributed by atoms with van der Waals surface area (Å²) in [7, 11) is 1.43. The number of ether oxygens (including phenoxy) is 1. The third-order valence-corrected chi connectivity index (χ3v) is 7.21. The molecule has 202 valence electrons. The normalized spacial score (nSPS) is 21.7. The first kappa shape index (κ1) is 25.9. The number of nitrogens with zero attached hydrogens (tertiary/aromatic N) is 4. The van der Waals surface area contributed by atoms with Gasteiger partial charge in [-0.1, -0.05) is 23.8 Å². The smallest absolute Gasteiger partial charge is 0.418 e. The lowest BCUT2D eigenvalue weighted by Crippen LogP contribution is -2.85. The number of carbonyl (C=O) groups excluding carboxylic acids is 2. The Morgan fingerprint density at radius 1 is 1.08 bits per heavy atom. The lowest BCUT2D eigenvalue weighted by atomic mass is 10.1. The monoisotopic (exact) mass is 530 g/mol. The van der Waals surface area contributed by atoms with Crippen molar-refractivity contribution >= 4 is 11.8 Å². The van der Waals surface area contributed by atoms with Crippen molar-refractivity contribution in [2.75, 3.05) is 32.8 Å². The van der Waals surface area contributed by atoms with Crippen molar-refractivity contribution in [3.63, 3.8) is 0 Å². The molecular formula is C27H31F3N5O3+. The topological polar surface area (TPSA) is 74.6 Å². The van der Waals surface area contributed by atoms with Gasteiger partial charge in [0.15, 0.2) is 0 Å². The van der Waals surface area contributed by atoms with Crippen LogP contribution in [0.4, 0.5) is 13.2 Å². The Labute approximate surface area is 218 Å². The molecule has 4 heterocycles. The molecule has 0 bridgehead atoms. The highest BCUT2D eigenvalue weighted by Gasteiger charge is 2.56. The molecule has 0 radical (unpaired) electrons. The van der Waals surface area contributed by atoms with Crippen LogP contribution < -0.4 is 10.1 Å². The van der Waals surface area contributed by atoms with Crippen LogP contribution in [-0.4, -0.2) is 69.7 Å². The molecule has 0 aliphatic carbocycles. The molecule has 8 nitrogen and oxygen atoms in total. The van der Waals surface area contributed by atoms with Crippen LogP contribution in [0.25, 0.3) is 0 Å². The molecule has 1 aromatic carbocycles. The van der Waals surface area contributed by atoms with Gasteiger partial charge in [-0.3, -0.25) is 19.8 Å². The van der Waals surface area contributed by atoms with E-state index in [0.29, 0.717) is 31.9 Å². The van der Waals surface area contributed by atoms with E-state index >= 15 is 0 Å². The Kier molecular flexibility index (Phi) is 6.72. The predicted octanol–water partition coefficient (Wildman–Crippen LogP) is 2.44. The lowest BCUT2D eigenvalue weighted by molar-refractivity contribution is -0.612. The molecule has 2 amide bonds. The van der Waals surface area contributed by atoms with Crippen LogP contribution in [0.3, 0.4) is 0 Å². The Morgan fingerprint density at radius 2 is 1.84 bits per heavy atom. The molecule has 0 saturated carbocycles. The van der Waals surface area contributed by atoms with Gasteiger partial charge in [-0.25, -0.2) is 0 Å². The Bertz CT molecular complexity index is 1280. The number of benzene rings is 1. The first-order chi connectivity index (χ1) is 18.1. The molecule has 11 heteroatoms. The second-order valence-corrected chi connectivity index (χ2v) is 9.94. The van der Waals surface area contributed by atoms with E-state index in [-0.39, 0.29) is 13.0 Å². The molecule has 1 aromatic heterocycles. The quantitative estimate of drug-likeness (QED) is 0.645. The number of amides is 2. The summed E-state index contributed by atoms with van der Waals surface area (Å²) in [5.74, 6) is 0.0790. The van der Waals surface area contributed by atoms with E-state index in [1.54, 1.807) is 17.0 Å². The minimum Gasteiger partial charge on any atom is -0.458 e. The average molecular weight is 531 g/mol. The van der Waals surface area contributed by atoms with Gasteiger partial charge in [-0.05, 0) is 31.6 Å². The number of hydrogen-bond donors (Lipinski definition) is 1. The first-order valence-corrected chi connectivity index (χ1v) is 12.6. The Hall–Kier alpha value is -3.73. The van der Waals surface area contributed by atoms with Crippen molar-refractivity contribution in [1.29, 1.82) is 0 Å². The highest BCUT2D eigenvalue weighted by molar-refractivity contribution is 6.00. The molecule has 2 N–H and O–H groups in total. The molecule has 1 atom stereocenters. The summed E-state index contributed by atoms with van der Waals surface area (Å²) < 4.78 is 48.9. The van der Waals surface area contributed by atoms with Gasteiger partial charge in [0.05, 0.1) is 17.8 Å². The number of nitrogens with two attached hydrogens (primary N) is 1. The van der Waals surface area contributed by atoms with Gasteiger partial charge in [-0.15, -0.1) is 0 Å². The van der Waals surface area contributed by atoms with Crippen LogP contribution in [0.1, 0.15) is 34.3 Å². The van der Waals surface area contributed by atoms with Gasteiger partial charge >= 0.3 is 6.18 Å². The zero-order chi connectivity index (χ0) is 27.1. The number of quaternary nitrogens is 1. The minimum absolute atomic E-state index is 0.101. The molecule has 1 unspecified atom stereocenters. The molecule has 38 heavy (non-hydrogen) atoms. The van der Waals surface area contributed by atoms with Crippen molar-refractivity contribution in [1.82, 2.24) is 19.3 Å². The lowest BCUT2D eigenvalue weighted by Gasteiger charge is -2.39. The third kappa shape index (κ3) is 4.78. The fourth-order valence-electron chi connectivity index (χ4n) is 5.31. The van der Waals surface area contributed by atoms with Crippen LogP contribution in [0.5, 0.6) is 5.75 Å². The van der Waals surface area contributed by atoms with Gasteiger partial charge in [0, 0.05) is 51.6 Å². The van der Waals surface area contributed by atoms with E-state index in [9.17, 15) is 22.8 Å². The molecule has 0 spiro atoms. The van der Waals surface area contributed by atoms with Crippen LogP contribution in [0.15, 0.2) is 60.7 Å². The van der Waals surface area contributed by atoms with E-state index < -0.39 is 34.8 Å². The summed E-state index contributed by atoms with van der Waals surface area (Å²) in [6, 6.07) is 7.06. The van der Waals surface area contributed by atoms with E-state index in [0.717, 1.165) is 30.3 Å². The van der Waals surface area contributed by atoms with E-state index in [1.165, 1.54) is 16.5 Å². The number of likely N-dealkylation sites (tertiary alicyclic amines) is 1. The van der Waals surface area contributed by atoms with Gasteiger partial charge in [-0.2, -0.15) is 13.2 Å². The highest BCUT2D eigenvalue weighted by Crippen LogP contribution is 2.39. The van der Waals surface area contributed by atoms with E-state index in [4.69, 9.17) is 4.74 Å². The largest absolute Gasteiger partial charge is 0.458 e. The molecule has 5 rings (SSSR count).